The van der Waals surface area contributed by atoms with E-state index in [0.29, 0.717) is 5.02 Å². The lowest BCUT2D eigenvalue weighted by molar-refractivity contribution is -0.124. The van der Waals surface area contributed by atoms with Gasteiger partial charge < -0.3 is 15.0 Å². The van der Waals surface area contributed by atoms with Crippen LogP contribution in [-0.4, -0.2) is 23.5 Å². The van der Waals surface area contributed by atoms with Crippen molar-refractivity contribution in [3.05, 3.63) is 81.3 Å². The number of hydrogen-bond donors (Lipinski definition) is 2. The molecule has 1 amide bonds. The van der Waals surface area contributed by atoms with Crippen molar-refractivity contribution in [2.24, 2.45) is 0 Å². The second kappa shape index (κ2) is 8.00. The molecule has 1 unspecified atom stereocenters. The number of rotatable bonds is 6. The first-order valence-corrected chi connectivity index (χ1v) is 8.78. The first kappa shape index (κ1) is 17.3. The van der Waals surface area contributed by atoms with Gasteiger partial charge in [-0.25, -0.2) is 4.79 Å². The van der Waals surface area contributed by atoms with Crippen molar-refractivity contribution in [2.75, 3.05) is 6.61 Å². The van der Waals surface area contributed by atoms with Gasteiger partial charge in [-0.05, 0) is 23.1 Å². The van der Waals surface area contributed by atoms with E-state index < -0.39 is 5.97 Å². The Morgan fingerprint density at radius 1 is 1.20 bits per heavy atom. The molecule has 0 saturated carbocycles. The highest BCUT2D eigenvalue weighted by Crippen LogP contribution is 2.25. The number of esters is 1. The number of aromatic amines is 1. The van der Waals surface area contributed by atoms with Crippen LogP contribution in [0.3, 0.4) is 0 Å². The van der Waals surface area contributed by atoms with Gasteiger partial charge in [0.25, 0.3) is 5.91 Å². The number of aromatic nitrogens is 1. The summed E-state index contributed by atoms with van der Waals surface area (Å²) in [5.41, 5.74) is 1.16. The summed E-state index contributed by atoms with van der Waals surface area (Å²) in [6.45, 7) is -0.371. The molecule has 0 aliphatic carbocycles. The van der Waals surface area contributed by atoms with Gasteiger partial charge in [0.1, 0.15) is 5.69 Å². The Labute approximate surface area is 153 Å². The highest BCUT2D eigenvalue weighted by atomic mass is 35.5. The van der Waals surface area contributed by atoms with Crippen molar-refractivity contribution in [1.29, 1.82) is 0 Å². The van der Waals surface area contributed by atoms with Gasteiger partial charge in [0, 0.05) is 11.1 Å². The number of hydrogen-bond acceptors (Lipinski definition) is 4. The third kappa shape index (κ3) is 4.49. The molecule has 7 heteroatoms. The van der Waals surface area contributed by atoms with E-state index in [2.05, 4.69) is 10.3 Å². The van der Waals surface area contributed by atoms with Crippen molar-refractivity contribution in [3.63, 3.8) is 0 Å². The Balaban J connectivity index is 1.64. The van der Waals surface area contributed by atoms with E-state index >= 15 is 0 Å². The summed E-state index contributed by atoms with van der Waals surface area (Å²) in [6.07, 6.45) is 1.47. The molecule has 3 rings (SSSR count). The fraction of sp³-hybridized carbons (Fsp3) is 0.111. The topological polar surface area (TPSA) is 71.2 Å². The Bertz CT molecular complexity index is 846. The average Bonchev–Trinajstić information content (AvgIpc) is 3.30. The zero-order valence-electron chi connectivity index (χ0n) is 13.1. The van der Waals surface area contributed by atoms with Gasteiger partial charge in [0.05, 0.1) is 11.1 Å². The maximum atomic E-state index is 12.2. The minimum absolute atomic E-state index is 0.204. The molecule has 2 heterocycles. The maximum absolute atomic E-state index is 12.2. The van der Waals surface area contributed by atoms with Crippen molar-refractivity contribution < 1.29 is 14.3 Å². The molecule has 25 heavy (non-hydrogen) atoms. The fourth-order valence-corrected chi connectivity index (χ4v) is 3.28. The summed E-state index contributed by atoms with van der Waals surface area (Å²) < 4.78 is 5.02. The molecule has 0 fully saturated rings. The predicted molar refractivity (Wildman–Crippen MR) is 96.8 cm³/mol. The Hall–Kier alpha value is -2.57. The molecule has 2 N–H and O–H groups in total. The molecule has 2 aromatic heterocycles. The normalized spacial score (nSPS) is 11.7. The third-order valence-corrected chi connectivity index (χ3v) is 4.62. The molecular weight excluding hydrogens is 360 g/mol. The van der Waals surface area contributed by atoms with Crippen LogP contribution in [0.2, 0.25) is 5.02 Å². The highest BCUT2D eigenvalue weighted by Gasteiger charge is 2.19. The van der Waals surface area contributed by atoms with E-state index in [0.717, 1.165) is 10.4 Å². The smallest absolute Gasteiger partial charge is 0.355 e. The SMILES string of the molecule is O=C(COC(=O)c1cc(Cl)c[nH]1)NC(c1ccccc1)c1cccs1. The minimum atomic E-state index is -0.630. The number of benzene rings is 1. The largest absolute Gasteiger partial charge is 0.451 e. The van der Waals surface area contributed by atoms with Gasteiger partial charge in [0.2, 0.25) is 0 Å². The molecule has 0 bridgehead atoms. The number of halogens is 1. The van der Waals surface area contributed by atoms with E-state index in [1.807, 2.05) is 47.8 Å². The molecule has 0 spiro atoms. The molecule has 0 radical (unpaired) electrons. The molecule has 128 valence electrons. The number of carbonyl (C=O) groups is 2. The van der Waals surface area contributed by atoms with Crippen LogP contribution in [0.5, 0.6) is 0 Å². The van der Waals surface area contributed by atoms with Gasteiger partial charge >= 0.3 is 5.97 Å². The van der Waals surface area contributed by atoms with Crippen molar-refractivity contribution >= 4 is 34.8 Å². The zero-order valence-corrected chi connectivity index (χ0v) is 14.6. The lowest BCUT2D eigenvalue weighted by atomic mass is 10.1. The van der Waals surface area contributed by atoms with Crippen LogP contribution in [0.4, 0.5) is 0 Å². The van der Waals surface area contributed by atoms with E-state index in [9.17, 15) is 9.59 Å². The van der Waals surface area contributed by atoms with Crippen LogP contribution in [-0.2, 0) is 9.53 Å². The second-order valence-corrected chi connectivity index (χ2v) is 6.65. The summed E-state index contributed by atoms with van der Waals surface area (Å²) in [5, 5.41) is 5.26. The number of thiophene rings is 1. The molecule has 1 atom stereocenters. The van der Waals surface area contributed by atoms with Crippen LogP contribution in [0.25, 0.3) is 0 Å². The van der Waals surface area contributed by atoms with Crippen molar-refractivity contribution in [2.45, 2.75) is 6.04 Å². The summed E-state index contributed by atoms with van der Waals surface area (Å²) in [7, 11) is 0. The standard InChI is InChI=1S/C18H15ClN2O3S/c19-13-9-14(20-10-13)18(23)24-11-16(22)21-17(15-7-4-8-25-15)12-5-2-1-3-6-12/h1-10,17,20H,11H2,(H,21,22). The van der Waals surface area contributed by atoms with Gasteiger partial charge in [-0.1, -0.05) is 48.0 Å². The van der Waals surface area contributed by atoms with Crippen LogP contribution in [0.1, 0.15) is 27.0 Å². The number of amides is 1. The van der Waals surface area contributed by atoms with Crippen molar-refractivity contribution in [1.82, 2.24) is 10.3 Å². The quantitative estimate of drug-likeness (QED) is 0.645. The number of ether oxygens (including phenoxy) is 1. The minimum Gasteiger partial charge on any atom is -0.451 e. The summed E-state index contributed by atoms with van der Waals surface area (Å²) >= 11 is 7.29. The van der Waals surface area contributed by atoms with E-state index in [4.69, 9.17) is 16.3 Å². The highest BCUT2D eigenvalue weighted by molar-refractivity contribution is 7.10. The summed E-state index contributed by atoms with van der Waals surface area (Å²) in [4.78, 5) is 27.8. The first-order valence-electron chi connectivity index (χ1n) is 7.52. The van der Waals surface area contributed by atoms with E-state index in [-0.39, 0.29) is 24.2 Å². The molecule has 0 aliphatic rings. The molecule has 0 aliphatic heterocycles. The second-order valence-electron chi connectivity index (χ2n) is 5.23. The van der Waals surface area contributed by atoms with Crippen LogP contribution >= 0.6 is 22.9 Å². The number of nitrogens with one attached hydrogen (secondary N) is 2. The lowest BCUT2D eigenvalue weighted by Crippen LogP contribution is -2.32. The molecular formula is C18H15ClN2O3S. The lowest BCUT2D eigenvalue weighted by Gasteiger charge is -2.18. The van der Waals surface area contributed by atoms with Crippen LogP contribution in [0, 0.1) is 0 Å². The molecule has 1 aromatic carbocycles. The number of carbonyl (C=O) groups excluding carboxylic acids is 2. The Morgan fingerprint density at radius 3 is 2.64 bits per heavy atom. The Morgan fingerprint density at radius 2 is 2.00 bits per heavy atom. The zero-order chi connectivity index (χ0) is 17.6. The molecule has 3 aromatic rings. The molecule has 0 saturated heterocycles. The Kier molecular flexibility index (Phi) is 5.53. The fourth-order valence-electron chi connectivity index (χ4n) is 2.32. The number of H-pyrrole nitrogens is 1. The van der Waals surface area contributed by atoms with Crippen LogP contribution < -0.4 is 5.32 Å². The van der Waals surface area contributed by atoms with Gasteiger partial charge in [-0.15, -0.1) is 11.3 Å². The predicted octanol–water partition coefficient (Wildman–Crippen LogP) is 3.79. The maximum Gasteiger partial charge on any atom is 0.355 e. The third-order valence-electron chi connectivity index (χ3n) is 3.47. The molecule has 5 nitrogen and oxygen atoms in total. The van der Waals surface area contributed by atoms with E-state index in [1.54, 1.807) is 11.3 Å². The van der Waals surface area contributed by atoms with Gasteiger partial charge in [-0.2, -0.15) is 0 Å². The van der Waals surface area contributed by atoms with Gasteiger partial charge in [-0.3, -0.25) is 4.79 Å². The first-order chi connectivity index (χ1) is 12.1. The van der Waals surface area contributed by atoms with Gasteiger partial charge in [0.15, 0.2) is 6.61 Å². The monoisotopic (exact) mass is 374 g/mol. The summed E-state index contributed by atoms with van der Waals surface area (Å²) in [5.74, 6) is -1.01. The van der Waals surface area contributed by atoms with E-state index in [1.165, 1.54) is 12.3 Å². The van der Waals surface area contributed by atoms with Crippen molar-refractivity contribution in [3.8, 4) is 0 Å². The summed E-state index contributed by atoms with van der Waals surface area (Å²) in [6, 6.07) is 14.7. The van der Waals surface area contributed by atoms with Crippen LogP contribution in [0.15, 0.2) is 60.1 Å². The average molecular weight is 375 g/mol.